The number of hydrogen-bond donors (Lipinski definition) is 1. The van der Waals surface area contributed by atoms with Crippen LogP contribution in [0.1, 0.15) is 97.3 Å². The molecule has 4 nitrogen and oxygen atoms in total. The third kappa shape index (κ3) is 4.50. The van der Waals surface area contributed by atoms with Gasteiger partial charge < -0.3 is 9.47 Å². The fourth-order valence-corrected chi connectivity index (χ4v) is 10.4. The first-order valence-electron chi connectivity index (χ1n) is 14.5. The quantitative estimate of drug-likeness (QED) is 0.237. The molecule has 0 saturated heterocycles. The Labute approximate surface area is 217 Å². The van der Waals surface area contributed by atoms with Crippen LogP contribution in [0.5, 0.6) is 0 Å². The monoisotopic (exact) mass is 502 g/mol. The summed E-state index contributed by atoms with van der Waals surface area (Å²) in [4.78, 5) is 23.6. The predicted molar refractivity (Wildman–Crippen MR) is 141 cm³/mol. The van der Waals surface area contributed by atoms with Crippen LogP contribution < -0.4 is 0 Å². The lowest BCUT2D eigenvalue weighted by Gasteiger charge is -2.60. The maximum atomic E-state index is 11.9. The average Bonchev–Trinajstić information content (AvgIpc) is 2.83. The molecule has 0 unspecified atom stereocenters. The SMILES string of the molecule is C=CC(=O)OC1(CC)C2CC3CC(C2)CC1C3.CCC1(OC(=O)CCS)C2CC3CC(C2)CC1C3. The van der Waals surface area contributed by atoms with E-state index < -0.39 is 0 Å². The Morgan fingerprint density at radius 3 is 1.43 bits per heavy atom. The van der Waals surface area contributed by atoms with E-state index in [0.717, 1.165) is 36.5 Å². The van der Waals surface area contributed by atoms with Crippen molar-refractivity contribution in [2.24, 2.45) is 47.3 Å². The molecule has 8 saturated carbocycles. The molecule has 8 rings (SSSR count). The Morgan fingerprint density at radius 1 is 0.743 bits per heavy atom. The van der Waals surface area contributed by atoms with Crippen molar-refractivity contribution in [1.82, 2.24) is 0 Å². The van der Waals surface area contributed by atoms with Gasteiger partial charge in [0.15, 0.2) is 0 Å². The molecule has 8 aliphatic rings. The fourth-order valence-electron chi connectivity index (χ4n) is 10.2. The van der Waals surface area contributed by atoms with E-state index in [-0.39, 0.29) is 23.1 Å². The van der Waals surface area contributed by atoms with Crippen molar-refractivity contribution < 1.29 is 19.1 Å². The third-order valence-electron chi connectivity index (χ3n) is 11.2. The highest BCUT2D eigenvalue weighted by atomic mass is 32.1. The number of rotatable bonds is 7. The van der Waals surface area contributed by atoms with E-state index in [4.69, 9.17) is 9.47 Å². The Bertz CT molecular complexity index is 763. The van der Waals surface area contributed by atoms with E-state index in [9.17, 15) is 9.59 Å². The summed E-state index contributed by atoms with van der Waals surface area (Å²) in [6.07, 6.45) is 17.0. The predicted octanol–water partition coefficient (Wildman–Crippen LogP) is 6.77. The maximum Gasteiger partial charge on any atom is 0.330 e. The Hall–Kier alpha value is -0.970. The van der Waals surface area contributed by atoms with Gasteiger partial charge in [-0.2, -0.15) is 12.6 Å². The topological polar surface area (TPSA) is 52.6 Å². The fraction of sp³-hybridized carbons (Fsp3) is 0.867. The largest absolute Gasteiger partial charge is 0.458 e. The number of thiol groups is 1. The van der Waals surface area contributed by atoms with E-state index in [0.29, 0.717) is 35.8 Å². The highest BCUT2D eigenvalue weighted by Crippen LogP contribution is 2.61. The molecule has 0 aliphatic heterocycles. The van der Waals surface area contributed by atoms with Crippen LogP contribution in [-0.4, -0.2) is 28.9 Å². The zero-order valence-electron chi connectivity index (χ0n) is 21.9. The molecule has 8 bridgehead atoms. The van der Waals surface area contributed by atoms with E-state index in [1.54, 1.807) is 0 Å². The highest BCUT2D eigenvalue weighted by Gasteiger charge is 2.59. The summed E-state index contributed by atoms with van der Waals surface area (Å²) in [6, 6.07) is 0. The summed E-state index contributed by atoms with van der Waals surface area (Å²) in [5, 5.41) is 0. The second kappa shape index (κ2) is 10.1. The van der Waals surface area contributed by atoms with E-state index >= 15 is 0 Å². The van der Waals surface area contributed by atoms with Crippen LogP contribution in [0.4, 0.5) is 0 Å². The van der Waals surface area contributed by atoms with Crippen LogP contribution in [0.15, 0.2) is 12.7 Å². The number of ether oxygens (including phenoxy) is 2. The van der Waals surface area contributed by atoms with Gasteiger partial charge in [-0.15, -0.1) is 0 Å². The average molecular weight is 503 g/mol. The van der Waals surface area contributed by atoms with Gasteiger partial charge in [0, 0.05) is 11.8 Å². The number of hydrogen-bond acceptors (Lipinski definition) is 5. The zero-order chi connectivity index (χ0) is 24.8. The summed E-state index contributed by atoms with van der Waals surface area (Å²) in [5.74, 6) is 6.55. The molecule has 196 valence electrons. The molecule has 0 aromatic carbocycles. The molecule has 0 spiro atoms. The molecule has 0 aromatic rings. The van der Waals surface area contributed by atoms with Gasteiger partial charge in [-0.1, -0.05) is 20.4 Å². The number of esters is 2. The summed E-state index contributed by atoms with van der Waals surface area (Å²) in [7, 11) is 0. The van der Waals surface area contributed by atoms with Crippen molar-refractivity contribution in [3.05, 3.63) is 12.7 Å². The van der Waals surface area contributed by atoms with Crippen LogP contribution in [0.2, 0.25) is 0 Å². The first-order valence-corrected chi connectivity index (χ1v) is 15.2. The molecule has 0 heterocycles. The van der Waals surface area contributed by atoms with Gasteiger partial charge in [-0.05, 0) is 124 Å². The summed E-state index contributed by atoms with van der Waals surface area (Å²) < 4.78 is 11.9. The smallest absolute Gasteiger partial charge is 0.330 e. The lowest BCUT2D eigenvalue weighted by atomic mass is 9.49. The van der Waals surface area contributed by atoms with Gasteiger partial charge in [0.05, 0.1) is 6.42 Å². The lowest BCUT2D eigenvalue weighted by molar-refractivity contribution is -0.210. The van der Waals surface area contributed by atoms with Crippen LogP contribution in [0.3, 0.4) is 0 Å². The second-order valence-electron chi connectivity index (χ2n) is 12.8. The standard InChI is InChI=1S/C15H24O2S.C15H22O2/c1-2-15(17-14(16)3-4-18)12-6-10-5-11(8-12)9-13(15)7-10;1-3-14(16)17-15(4-2)12-6-10-5-11(8-12)9-13(15)7-10/h10-13,18H,2-9H2,1H3;3,10-13H,1,4-9H2,2H3. The molecule has 35 heavy (non-hydrogen) atoms. The van der Waals surface area contributed by atoms with Crippen molar-refractivity contribution in [1.29, 1.82) is 0 Å². The molecule has 8 fully saturated rings. The summed E-state index contributed by atoms with van der Waals surface area (Å²) in [5.41, 5.74) is -0.272. The van der Waals surface area contributed by atoms with Crippen molar-refractivity contribution in [2.45, 2.75) is 109 Å². The normalized spacial score (nSPS) is 46.0. The van der Waals surface area contributed by atoms with Crippen LogP contribution in [-0.2, 0) is 19.1 Å². The number of carbonyl (C=O) groups is 2. The molecule has 0 N–H and O–H groups in total. The number of carbonyl (C=O) groups excluding carboxylic acids is 2. The second-order valence-corrected chi connectivity index (χ2v) is 13.2. The molecular weight excluding hydrogens is 456 g/mol. The minimum atomic E-state index is -0.223. The molecule has 0 amide bonds. The van der Waals surface area contributed by atoms with Gasteiger partial charge in [-0.25, -0.2) is 4.79 Å². The Balaban J connectivity index is 0.000000145. The first kappa shape index (κ1) is 25.7. The molecular formula is C30H46O4S. The van der Waals surface area contributed by atoms with Gasteiger partial charge in [0.25, 0.3) is 0 Å². The lowest BCUT2D eigenvalue weighted by Crippen LogP contribution is -2.59. The van der Waals surface area contributed by atoms with Gasteiger partial charge in [-0.3, -0.25) is 4.79 Å². The van der Waals surface area contributed by atoms with Gasteiger partial charge in [0.2, 0.25) is 0 Å². The van der Waals surface area contributed by atoms with Crippen molar-refractivity contribution in [3.8, 4) is 0 Å². The van der Waals surface area contributed by atoms with Gasteiger partial charge in [0.1, 0.15) is 11.2 Å². The molecule has 0 radical (unpaired) electrons. The Kier molecular flexibility index (Phi) is 7.38. The molecule has 0 aromatic heterocycles. The maximum absolute atomic E-state index is 11.9. The zero-order valence-corrected chi connectivity index (χ0v) is 22.8. The molecule has 8 aliphatic carbocycles. The van der Waals surface area contributed by atoms with Crippen molar-refractivity contribution >= 4 is 24.6 Å². The minimum absolute atomic E-state index is 0.0284. The minimum Gasteiger partial charge on any atom is -0.458 e. The van der Waals surface area contributed by atoms with Crippen LogP contribution in [0.25, 0.3) is 0 Å². The molecule has 5 heteroatoms. The van der Waals surface area contributed by atoms with Gasteiger partial charge >= 0.3 is 11.9 Å². The van der Waals surface area contributed by atoms with E-state index in [1.165, 1.54) is 70.3 Å². The van der Waals surface area contributed by atoms with E-state index in [2.05, 4.69) is 33.1 Å². The Morgan fingerprint density at radius 2 is 1.11 bits per heavy atom. The van der Waals surface area contributed by atoms with Crippen LogP contribution >= 0.6 is 12.6 Å². The first-order chi connectivity index (χ1) is 16.9. The van der Waals surface area contributed by atoms with E-state index in [1.807, 2.05) is 0 Å². The summed E-state index contributed by atoms with van der Waals surface area (Å²) in [6.45, 7) is 7.92. The highest BCUT2D eigenvalue weighted by molar-refractivity contribution is 7.80. The summed E-state index contributed by atoms with van der Waals surface area (Å²) >= 11 is 4.14. The van der Waals surface area contributed by atoms with Crippen molar-refractivity contribution in [2.75, 3.05) is 5.75 Å². The van der Waals surface area contributed by atoms with Crippen LogP contribution in [0, 0.1) is 47.3 Å². The third-order valence-corrected chi connectivity index (χ3v) is 11.4. The van der Waals surface area contributed by atoms with Crippen molar-refractivity contribution in [3.63, 3.8) is 0 Å². The molecule has 0 atom stereocenters.